The second kappa shape index (κ2) is 7.92. The number of halogens is 6. The number of aryl methyl sites for hydroxylation is 2. The number of hydrogen-bond acceptors (Lipinski definition) is 3. The van der Waals surface area contributed by atoms with Crippen LogP contribution in [0.4, 0.5) is 23.2 Å². The van der Waals surface area contributed by atoms with Crippen LogP contribution in [-0.4, -0.2) is 25.5 Å². The lowest BCUT2D eigenvalue weighted by Crippen LogP contribution is -2.15. The van der Waals surface area contributed by atoms with Crippen molar-refractivity contribution >= 4 is 34.8 Å². The molecule has 0 spiro atoms. The average Bonchev–Trinajstić information content (AvgIpc) is 3.07. The summed E-state index contributed by atoms with van der Waals surface area (Å²) < 4.78 is 54.5. The van der Waals surface area contributed by atoms with Gasteiger partial charge in [-0.05, 0) is 31.5 Å². The Morgan fingerprint density at radius 1 is 1.20 bits per heavy atom. The quantitative estimate of drug-likeness (QED) is 0.553. The number of nitrogens with one attached hydrogen (secondary N) is 1. The molecule has 6 nitrogen and oxygen atoms in total. The van der Waals surface area contributed by atoms with E-state index in [0.29, 0.717) is 27.3 Å². The van der Waals surface area contributed by atoms with Gasteiger partial charge in [-0.3, -0.25) is 14.2 Å². The van der Waals surface area contributed by atoms with Crippen LogP contribution in [-0.2, 0) is 19.8 Å². The minimum absolute atomic E-state index is 0.199. The van der Waals surface area contributed by atoms with Crippen LogP contribution >= 0.6 is 23.2 Å². The maximum absolute atomic E-state index is 13.2. The fourth-order valence-corrected chi connectivity index (χ4v) is 3.55. The number of carbonyl (C=O) groups is 1. The number of hydrogen-bond donors (Lipinski definition) is 1. The number of carbonyl (C=O) groups excluding carboxylic acids is 1. The summed E-state index contributed by atoms with van der Waals surface area (Å²) in [6, 6.07) is 3.95. The summed E-state index contributed by atoms with van der Waals surface area (Å²) in [5, 5.41) is 9.85. The molecule has 0 atom stereocenters. The summed E-state index contributed by atoms with van der Waals surface area (Å²) in [6.45, 7) is 3.48. The summed E-state index contributed by atoms with van der Waals surface area (Å²) in [4.78, 5) is 12.6. The molecular weight excluding hydrogens is 449 g/mol. The summed E-state index contributed by atoms with van der Waals surface area (Å²) in [6.07, 6.45) is -4.76. The van der Waals surface area contributed by atoms with Crippen molar-refractivity contribution < 1.29 is 22.4 Å². The molecule has 0 aliphatic rings. The van der Waals surface area contributed by atoms with Gasteiger partial charge in [0.2, 0.25) is 0 Å². The summed E-state index contributed by atoms with van der Waals surface area (Å²) in [5.74, 6) is -1.38. The van der Waals surface area contributed by atoms with Gasteiger partial charge in [-0.15, -0.1) is 0 Å². The van der Waals surface area contributed by atoms with Crippen LogP contribution in [0.1, 0.15) is 33.1 Å². The first-order chi connectivity index (χ1) is 13.9. The van der Waals surface area contributed by atoms with Crippen LogP contribution < -0.4 is 5.32 Å². The largest absolute Gasteiger partial charge is 0.434 e. The molecule has 1 amide bonds. The third kappa shape index (κ3) is 4.15. The molecule has 1 aromatic carbocycles. The maximum Gasteiger partial charge on any atom is 0.434 e. The molecule has 3 rings (SSSR count). The SMILES string of the molecule is Cc1nn(Cc2ccc(F)cc2Cl)c(C)c1NC(=O)c1nn(C)c(C(F)(F)F)c1Cl. The Bertz CT molecular complexity index is 1140. The number of alkyl halides is 3. The van der Waals surface area contributed by atoms with Gasteiger partial charge >= 0.3 is 6.18 Å². The number of nitrogens with zero attached hydrogens (tertiary/aromatic N) is 4. The molecule has 2 heterocycles. The highest BCUT2D eigenvalue weighted by molar-refractivity contribution is 6.34. The Morgan fingerprint density at radius 3 is 2.43 bits per heavy atom. The van der Waals surface area contributed by atoms with Gasteiger partial charge in [0.1, 0.15) is 10.8 Å². The van der Waals surface area contributed by atoms with Gasteiger partial charge in [0.15, 0.2) is 11.4 Å². The molecule has 160 valence electrons. The van der Waals surface area contributed by atoms with E-state index in [4.69, 9.17) is 23.2 Å². The second-order valence-corrected chi connectivity index (χ2v) is 7.31. The highest BCUT2D eigenvalue weighted by atomic mass is 35.5. The van der Waals surface area contributed by atoms with E-state index >= 15 is 0 Å². The van der Waals surface area contributed by atoms with E-state index in [0.717, 1.165) is 7.05 Å². The number of rotatable bonds is 4. The van der Waals surface area contributed by atoms with Crippen molar-refractivity contribution in [2.45, 2.75) is 26.6 Å². The first kappa shape index (κ1) is 22.1. The van der Waals surface area contributed by atoms with Gasteiger partial charge in [0.25, 0.3) is 5.91 Å². The molecule has 2 aromatic heterocycles. The summed E-state index contributed by atoms with van der Waals surface area (Å²) in [7, 11) is 1.05. The van der Waals surface area contributed by atoms with Gasteiger partial charge < -0.3 is 5.32 Å². The minimum Gasteiger partial charge on any atom is -0.317 e. The number of aromatic nitrogens is 4. The molecule has 0 bridgehead atoms. The maximum atomic E-state index is 13.2. The van der Waals surface area contributed by atoms with Crippen LogP contribution in [0.2, 0.25) is 10.0 Å². The lowest BCUT2D eigenvalue weighted by Gasteiger charge is -2.08. The monoisotopic (exact) mass is 463 g/mol. The van der Waals surface area contributed by atoms with Crippen molar-refractivity contribution in [2.75, 3.05) is 5.32 Å². The van der Waals surface area contributed by atoms with Crippen LogP contribution in [0.25, 0.3) is 0 Å². The smallest absolute Gasteiger partial charge is 0.317 e. The van der Waals surface area contributed by atoms with Crippen molar-refractivity contribution in [3.8, 4) is 0 Å². The second-order valence-electron chi connectivity index (χ2n) is 6.53. The fraction of sp³-hybridized carbons (Fsp3) is 0.278. The summed E-state index contributed by atoms with van der Waals surface area (Å²) in [5.41, 5.74) is 0.0631. The lowest BCUT2D eigenvalue weighted by molar-refractivity contribution is -0.143. The Morgan fingerprint density at radius 2 is 1.87 bits per heavy atom. The standard InChI is InChI=1S/C18H15Cl2F4N5O/c1-8-14(9(2)29(26-8)7-10-4-5-11(21)6-12(10)19)25-17(30)15-13(20)16(18(22,23)24)28(3)27-15/h4-6H,7H2,1-3H3,(H,25,30). The zero-order chi connectivity index (χ0) is 22.4. The van der Waals surface area contributed by atoms with Crippen molar-refractivity contribution in [1.82, 2.24) is 19.6 Å². The van der Waals surface area contributed by atoms with E-state index < -0.39 is 34.3 Å². The van der Waals surface area contributed by atoms with E-state index in [-0.39, 0.29) is 11.6 Å². The Labute approximate surface area is 178 Å². The molecule has 3 aromatic rings. The predicted molar refractivity (Wildman–Crippen MR) is 103 cm³/mol. The highest BCUT2D eigenvalue weighted by Crippen LogP contribution is 2.36. The predicted octanol–water partition coefficient (Wildman–Crippen LogP) is 5.00. The van der Waals surface area contributed by atoms with E-state index in [1.807, 2.05) is 0 Å². The van der Waals surface area contributed by atoms with Crippen molar-refractivity contribution in [2.24, 2.45) is 7.05 Å². The van der Waals surface area contributed by atoms with Crippen molar-refractivity contribution in [1.29, 1.82) is 0 Å². The van der Waals surface area contributed by atoms with Gasteiger partial charge in [-0.1, -0.05) is 29.3 Å². The van der Waals surface area contributed by atoms with E-state index in [9.17, 15) is 22.4 Å². The van der Waals surface area contributed by atoms with Crippen LogP contribution in [0, 0.1) is 19.7 Å². The molecular formula is C18H15Cl2F4N5O. The molecule has 30 heavy (non-hydrogen) atoms. The number of anilines is 1. The molecule has 12 heteroatoms. The third-order valence-corrected chi connectivity index (χ3v) is 5.14. The van der Waals surface area contributed by atoms with Crippen LogP contribution in [0.5, 0.6) is 0 Å². The van der Waals surface area contributed by atoms with Crippen molar-refractivity contribution in [3.05, 3.63) is 62.4 Å². The molecule has 0 saturated heterocycles. The first-order valence-corrected chi connectivity index (χ1v) is 9.24. The topological polar surface area (TPSA) is 64.7 Å². The molecule has 0 aliphatic carbocycles. The molecule has 0 saturated carbocycles. The van der Waals surface area contributed by atoms with Gasteiger partial charge in [0.05, 0.1) is 23.6 Å². The van der Waals surface area contributed by atoms with E-state index in [2.05, 4.69) is 15.5 Å². The molecule has 0 unspecified atom stereocenters. The molecule has 0 radical (unpaired) electrons. The van der Waals surface area contributed by atoms with Gasteiger partial charge in [-0.25, -0.2) is 4.39 Å². The average molecular weight is 464 g/mol. The highest BCUT2D eigenvalue weighted by Gasteiger charge is 2.40. The van der Waals surface area contributed by atoms with Gasteiger partial charge in [0, 0.05) is 12.1 Å². The van der Waals surface area contributed by atoms with E-state index in [1.165, 1.54) is 22.9 Å². The zero-order valence-corrected chi connectivity index (χ0v) is 17.4. The van der Waals surface area contributed by atoms with Crippen LogP contribution in [0.15, 0.2) is 18.2 Å². The number of benzene rings is 1. The molecule has 0 aliphatic heterocycles. The number of amides is 1. The minimum atomic E-state index is -4.76. The van der Waals surface area contributed by atoms with Gasteiger partial charge in [-0.2, -0.15) is 23.4 Å². The molecule has 1 N–H and O–H groups in total. The Hall–Kier alpha value is -2.59. The molecule has 0 fully saturated rings. The normalized spacial score (nSPS) is 11.8. The Kier molecular flexibility index (Phi) is 5.83. The Balaban J connectivity index is 1.89. The fourth-order valence-electron chi connectivity index (χ4n) is 2.97. The third-order valence-electron chi connectivity index (χ3n) is 4.43. The summed E-state index contributed by atoms with van der Waals surface area (Å²) >= 11 is 11.8. The van der Waals surface area contributed by atoms with E-state index in [1.54, 1.807) is 13.8 Å². The first-order valence-electron chi connectivity index (χ1n) is 8.49. The van der Waals surface area contributed by atoms with Crippen molar-refractivity contribution in [3.63, 3.8) is 0 Å². The lowest BCUT2D eigenvalue weighted by atomic mass is 10.2. The van der Waals surface area contributed by atoms with Crippen LogP contribution in [0.3, 0.4) is 0 Å². The zero-order valence-electron chi connectivity index (χ0n) is 15.9.